The Balaban J connectivity index is 1.64. The second-order valence-corrected chi connectivity index (χ2v) is 5.98. The smallest absolute Gasteiger partial charge is 0.183 e. The molecule has 1 aromatic heterocycles. The van der Waals surface area contributed by atoms with Crippen molar-refractivity contribution in [1.29, 1.82) is 0 Å². The number of benzene rings is 2. The quantitative estimate of drug-likeness (QED) is 0.798. The predicted octanol–water partition coefficient (Wildman–Crippen LogP) is 3.75. The first kappa shape index (κ1) is 15.3. The average molecular weight is 321 g/mol. The van der Waals surface area contributed by atoms with Crippen LogP contribution in [0.25, 0.3) is 10.8 Å². The molecule has 122 valence electrons. The van der Waals surface area contributed by atoms with E-state index in [1.54, 1.807) is 12.4 Å². The van der Waals surface area contributed by atoms with Crippen LogP contribution in [0, 0.1) is 0 Å². The molecule has 0 amide bonds. The second kappa shape index (κ2) is 6.69. The van der Waals surface area contributed by atoms with Crippen molar-refractivity contribution < 1.29 is 14.6 Å². The van der Waals surface area contributed by atoms with Crippen LogP contribution < -0.4 is 0 Å². The van der Waals surface area contributed by atoms with Crippen molar-refractivity contribution >= 4 is 10.8 Å². The Morgan fingerprint density at radius 3 is 2.54 bits per heavy atom. The molecule has 4 rings (SSSR count). The van der Waals surface area contributed by atoms with Gasteiger partial charge in [0.15, 0.2) is 6.29 Å². The lowest BCUT2D eigenvalue weighted by molar-refractivity contribution is -0.182. The minimum atomic E-state index is -0.673. The molecule has 4 heteroatoms. The first-order valence-electron chi connectivity index (χ1n) is 8.16. The van der Waals surface area contributed by atoms with Gasteiger partial charge in [0.1, 0.15) is 6.10 Å². The number of pyridine rings is 1. The summed E-state index contributed by atoms with van der Waals surface area (Å²) >= 11 is 0. The zero-order valence-electron chi connectivity index (χ0n) is 13.3. The molecule has 1 aliphatic heterocycles. The molecule has 24 heavy (non-hydrogen) atoms. The summed E-state index contributed by atoms with van der Waals surface area (Å²) in [5.74, 6) is 0. The van der Waals surface area contributed by atoms with E-state index in [0.717, 1.165) is 47.1 Å². The lowest BCUT2D eigenvalue weighted by atomic mass is 9.98. The maximum atomic E-state index is 10.5. The van der Waals surface area contributed by atoms with Crippen LogP contribution in [0.3, 0.4) is 0 Å². The maximum Gasteiger partial charge on any atom is 0.183 e. The lowest BCUT2D eigenvalue weighted by Gasteiger charge is -2.23. The third-order valence-corrected chi connectivity index (χ3v) is 4.30. The van der Waals surface area contributed by atoms with E-state index in [4.69, 9.17) is 9.47 Å². The topological polar surface area (TPSA) is 51.6 Å². The summed E-state index contributed by atoms with van der Waals surface area (Å²) in [4.78, 5) is 4.07. The van der Waals surface area contributed by atoms with Gasteiger partial charge < -0.3 is 14.6 Å². The van der Waals surface area contributed by atoms with E-state index < -0.39 is 6.10 Å². The van der Waals surface area contributed by atoms with Gasteiger partial charge in [0.05, 0.1) is 13.2 Å². The van der Waals surface area contributed by atoms with Crippen LogP contribution in [0.1, 0.15) is 35.5 Å². The van der Waals surface area contributed by atoms with Crippen LogP contribution in [0.15, 0.2) is 60.9 Å². The number of nitrogens with zero attached hydrogens (tertiary/aromatic N) is 1. The highest BCUT2D eigenvalue weighted by Gasteiger charge is 2.17. The van der Waals surface area contributed by atoms with Gasteiger partial charge in [-0.15, -0.1) is 0 Å². The summed E-state index contributed by atoms with van der Waals surface area (Å²) in [6.07, 6.45) is 3.39. The molecule has 0 bridgehead atoms. The van der Waals surface area contributed by atoms with Gasteiger partial charge in [-0.05, 0) is 41.0 Å². The molecule has 1 unspecified atom stereocenters. The first-order chi connectivity index (χ1) is 11.8. The van der Waals surface area contributed by atoms with Crippen molar-refractivity contribution in [2.45, 2.75) is 18.8 Å². The van der Waals surface area contributed by atoms with Gasteiger partial charge in [0.25, 0.3) is 0 Å². The van der Waals surface area contributed by atoms with Crippen LogP contribution in [-0.2, 0) is 9.47 Å². The Bertz CT molecular complexity index is 829. The summed E-state index contributed by atoms with van der Waals surface area (Å²) in [5.41, 5.74) is 2.67. The Morgan fingerprint density at radius 2 is 1.75 bits per heavy atom. The molecular formula is C20H19NO3. The van der Waals surface area contributed by atoms with E-state index in [1.807, 2.05) is 42.5 Å². The highest BCUT2D eigenvalue weighted by Crippen LogP contribution is 2.29. The highest BCUT2D eigenvalue weighted by molar-refractivity contribution is 5.84. The maximum absolute atomic E-state index is 10.5. The molecule has 0 spiro atoms. The molecule has 1 fully saturated rings. The van der Waals surface area contributed by atoms with Crippen LogP contribution in [0.5, 0.6) is 0 Å². The zero-order chi connectivity index (χ0) is 16.4. The van der Waals surface area contributed by atoms with E-state index in [9.17, 15) is 5.11 Å². The Labute approximate surface area is 140 Å². The number of fused-ring (bicyclic) bond motifs is 1. The van der Waals surface area contributed by atoms with Gasteiger partial charge in [-0.1, -0.05) is 30.3 Å². The molecular weight excluding hydrogens is 302 g/mol. The van der Waals surface area contributed by atoms with Gasteiger partial charge in [0.2, 0.25) is 0 Å². The van der Waals surface area contributed by atoms with Crippen molar-refractivity contribution in [1.82, 2.24) is 4.98 Å². The molecule has 0 saturated carbocycles. The van der Waals surface area contributed by atoms with Crippen LogP contribution in [0.2, 0.25) is 0 Å². The molecule has 1 N–H and O–H groups in total. The largest absolute Gasteiger partial charge is 0.384 e. The minimum Gasteiger partial charge on any atom is -0.384 e. The highest BCUT2D eigenvalue weighted by atomic mass is 16.7. The third-order valence-electron chi connectivity index (χ3n) is 4.30. The molecule has 3 aromatic rings. The van der Waals surface area contributed by atoms with Gasteiger partial charge in [-0.25, -0.2) is 0 Å². The number of aliphatic hydroxyl groups is 1. The van der Waals surface area contributed by atoms with E-state index >= 15 is 0 Å². The van der Waals surface area contributed by atoms with Crippen LogP contribution in [0.4, 0.5) is 0 Å². The van der Waals surface area contributed by atoms with Crippen molar-refractivity contribution in [3.63, 3.8) is 0 Å². The second-order valence-electron chi connectivity index (χ2n) is 5.98. The summed E-state index contributed by atoms with van der Waals surface area (Å²) in [6, 6.07) is 15.9. The lowest BCUT2D eigenvalue weighted by Crippen LogP contribution is -2.17. The normalized spacial score (nSPS) is 17.0. The van der Waals surface area contributed by atoms with Gasteiger partial charge in [-0.3, -0.25) is 4.98 Å². The van der Waals surface area contributed by atoms with Crippen molar-refractivity contribution in [2.75, 3.05) is 13.2 Å². The summed E-state index contributed by atoms with van der Waals surface area (Å²) < 4.78 is 11.3. The standard InChI is InChI=1S/C20H19NO3/c22-19(18-3-1-8-21-13-18)16-6-4-15-12-17(7-5-14(15)11-16)20-23-9-2-10-24-20/h1,3-8,11-13,19-20,22H,2,9-10H2. The Hall–Kier alpha value is -2.27. The molecule has 4 nitrogen and oxygen atoms in total. The number of aliphatic hydroxyl groups excluding tert-OH is 1. The van der Waals surface area contributed by atoms with E-state index in [-0.39, 0.29) is 6.29 Å². The Morgan fingerprint density at radius 1 is 0.958 bits per heavy atom. The van der Waals surface area contributed by atoms with Gasteiger partial charge >= 0.3 is 0 Å². The fourth-order valence-electron chi connectivity index (χ4n) is 3.01. The first-order valence-corrected chi connectivity index (χ1v) is 8.16. The number of ether oxygens (including phenoxy) is 2. The number of aromatic nitrogens is 1. The molecule has 1 aliphatic rings. The monoisotopic (exact) mass is 321 g/mol. The fourth-order valence-corrected chi connectivity index (χ4v) is 3.01. The van der Waals surface area contributed by atoms with E-state index in [0.29, 0.717) is 0 Å². The molecule has 1 saturated heterocycles. The Kier molecular flexibility index (Phi) is 4.26. The summed E-state index contributed by atoms with van der Waals surface area (Å²) in [7, 11) is 0. The number of rotatable bonds is 3. The molecule has 1 atom stereocenters. The van der Waals surface area contributed by atoms with E-state index in [1.165, 1.54) is 0 Å². The zero-order valence-corrected chi connectivity index (χ0v) is 13.3. The molecule has 2 aromatic carbocycles. The van der Waals surface area contributed by atoms with Crippen molar-refractivity contribution in [2.24, 2.45) is 0 Å². The predicted molar refractivity (Wildman–Crippen MR) is 91.5 cm³/mol. The number of hydrogen-bond acceptors (Lipinski definition) is 4. The third kappa shape index (κ3) is 3.04. The van der Waals surface area contributed by atoms with Gasteiger partial charge in [-0.2, -0.15) is 0 Å². The number of hydrogen-bond donors (Lipinski definition) is 1. The van der Waals surface area contributed by atoms with Crippen molar-refractivity contribution in [3.8, 4) is 0 Å². The molecule has 0 radical (unpaired) electrons. The van der Waals surface area contributed by atoms with Crippen molar-refractivity contribution in [3.05, 3.63) is 77.6 Å². The van der Waals surface area contributed by atoms with Gasteiger partial charge in [0, 0.05) is 23.5 Å². The molecule has 0 aliphatic carbocycles. The minimum absolute atomic E-state index is 0.274. The van der Waals surface area contributed by atoms with Crippen LogP contribution >= 0.6 is 0 Å². The van der Waals surface area contributed by atoms with Crippen LogP contribution in [-0.4, -0.2) is 23.3 Å². The summed E-state index contributed by atoms with van der Waals surface area (Å²) in [6.45, 7) is 1.47. The fraction of sp³-hybridized carbons (Fsp3) is 0.250. The van der Waals surface area contributed by atoms with E-state index in [2.05, 4.69) is 11.1 Å². The SMILES string of the molecule is OC(c1cccnc1)c1ccc2cc(C3OCCCO3)ccc2c1. The molecule has 2 heterocycles. The average Bonchev–Trinajstić information content (AvgIpc) is 2.68. The summed E-state index contributed by atoms with van der Waals surface area (Å²) in [5, 5.41) is 12.7.